The molecule has 1 aliphatic rings. The van der Waals surface area contributed by atoms with Gasteiger partial charge in [-0.15, -0.1) is 0 Å². The van der Waals surface area contributed by atoms with Crippen LogP contribution in [0.1, 0.15) is 31.9 Å². The Bertz CT molecular complexity index is 361. The highest BCUT2D eigenvalue weighted by molar-refractivity contribution is 5.30. The number of anilines is 1. The van der Waals surface area contributed by atoms with Gasteiger partial charge in [-0.1, -0.05) is 6.92 Å². The van der Waals surface area contributed by atoms with Gasteiger partial charge in [-0.2, -0.15) is 0 Å². The van der Waals surface area contributed by atoms with Gasteiger partial charge in [0, 0.05) is 25.0 Å². The topological polar surface area (TPSA) is 41.0 Å². The molecule has 18 heavy (non-hydrogen) atoms. The fourth-order valence-electron chi connectivity index (χ4n) is 2.52. The number of piperidine rings is 1. The average Bonchev–Trinajstić information content (AvgIpc) is 2.39. The van der Waals surface area contributed by atoms with Crippen LogP contribution in [0.25, 0.3) is 0 Å². The summed E-state index contributed by atoms with van der Waals surface area (Å²) in [7, 11) is 0. The second kappa shape index (κ2) is 6.69. The van der Waals surface area contributed by atoms with Crippen LogP contribution in [0.5, 0.6) is 0 Å². The smallest absolute Gasteiger partial charge is 0.225 e. The first-order valence-electron chi connectivity index (χ1n) is 7.05. The number of hydrogen-bond donors (Lipinski definition) is 1. The highest BCUT2D eigenvalue weighted by Gasteiger charge is 2.18. The Labute approximate surface area is 110 Å². The number of hydrogen-bond acceptors (Lipinski definition) is 4. The molecule has 1 saturated heterocycles. The van der Waals surface area contributed by atoms with E-state index >= 15 is 0 Å². The second-order valence-electron chi connectivity index (χ2n) is 5.16. The standard InChI is InChI=1S/C14H24N4/c1-3-9-18(11-13-5-4-7-15-10-13)14-16-8-6-12(2)17-14/h6,8,13,15H,3-5,7,9-11H2,1-2H3. The van der Waals surface area contributed by atoms with Crippen molar-refractivity contribution in [3.05, 3.63) is 18.0 Å². The maximum Gasteiger partial charge on any atom is 0.225 e. The van der Waals surface area contributed by atoms with Gasteiger partial charge in [0.05, 0.1) is 0 Å². The minimum atomic E-state index is 0.731. The molecule has 2 heterocycles. The van der Waals surface area contributed by atoms with E-state index in [9.17, 15) is 0 Å². The van der Waals surface area contributed by atoms with E-state index in [0.717, 1.165) is 43.6 Å². The Morgan fingerprint density at radius 3 is 3.06 bits per heavy atom. The van der Waals surface area contributed by atoms with Crippen LogP contribution >= 0.6 is 0 Å². The zero-order chi connectivity index (χ0) is 12.8. The summed E-state index contributed by atoms with van der Waals surface area (Å²) in [5.41, 5.74) is 1.04. The minimum absolute atomic E-state index is 0.731. The number of aryl methyl sites for hydroxylation is 1. The van der Waals surface area contributed by atoms with Crippen LogP contribution in [-0.2, 0) is 0 Å². The van der Waals surface area contributed by atoms with Gasteiger partial charge in [0.1, 0.15) is 0 Å². The van der Waals surface area contributed by atoms with E-state index in [1.165, 1.54) is 19.4 Å². The van der Waals surface area contributed by atoms with Crippen LogP contribution in [0.2, 0.25) is 0 Å². The first-order chi connectivity index (χ1) is 8.79. The van der Waals surface area contributed by atoms with Gasteiger partial charge in [0.15, 0.2) is 0 Å². The van der Waals surface area contributed by atoms with E-state index in [1.54, 1.807) is 0 Å². The SMILES string of the molecule is CCCN(CC1CCCNC1)c1nccc(C)n1. The van der Waals surface area contributed by atoms with Crippen LogP contribution in [0.4, 0.5) is 5.95 Å². The highest BCUT2D eigenvalue weighted by atomic mass is 15.2. The molecule has 0 spiro atoms. The number of nitrogens with zero attached hydrogens (tertiary/aromatic N) is 3. The normalized spacial score (nSPS) is 19.8. The molecule has 1 aromatic rings. The van der Waals surface area contributed by atoms with Crippen molar-refractivity contribution in [2.24, 2.45) is 5.92 Å². The Balaban J connectivity index is 2.02. The number of nitrogens with one attached hydrogen (secondary N) is 1. The lowest BCUT2D eigenvalue weighted by Crippen LogP contribution is -2.39. The summed E-state index contributed by atoms with van der Waals surface area (Å²) in [5.74, 6) is 1.62. The molecular formula is C14H24N4. The lowest BCUT2D eigenvalue weighted by molar-refractivity contribution is 0.375. The van der Waals surface area contributed by atoms with Crippen molar-refractivity contribution in [1.82, 2.24) is 15.3 Å². The Hall–Kier alpha value is -1.16. The molecule has 0 aliphatic carbocycles. The van der Waals surface area contributed by atoms with Crippen LogP contribution < -0.4 is 10.2 Å². The van der Waals surface area contributed by atoms with E-state index in [-0.39, 0.29) is 0 Å². The van der Waals surface area contributed by atoms with Gasteiger partial charge in [-0.25, -0.2) is 9.97 Å². The third kappa shape index (κ3) is 3.67. The quantitative estimate of drug-likeness (QED) is 0.865. The lowest BCUT2D eigenvalue weighted by Gasteiger charge is -2.30. The van der Waals surface area contributed by atoms with Gasteiger partial charge in [0.25, 0.3) is 0 Å². The number of aromatic nitrogens is 2. The molecule has 0 radical (unpaired) electrons. The van der Waals surface area contributed by atoms with Crippen LogP contribution in [-0.4, -0.2) is 36.1 Å². The van der Waals surface area contributed by atoms with Crippen molar-refractivity contribution < 1.29 is 0 Å². The van der Waals surface area contributed by atoms with Crippen molar-refractivity contribution in [3.8, 4) is 0 Å². The lowest BCUT2D eigenvalue weighted by atomic mass is 9.99. The molecule has 4 heteroatoms. The molecule has 4 nitrogen and oxygen atoms in total. The van der Waals surface area contributed by atoms with E-state index in [4.69, 9.17) is 0 Å². The van der Waals surface area contributed by atoms with Gasteiger partial charge >= 0.3 is 0 Å². The molecule has 1 fully saturated rings. The molecule has 1 atom stereocenters. The highest BCUT2D eigenvalue weighted by Crippen LogP contribution is 2.16. The first-order valence-corrected chi connectivity index (χ1v) is 7.05. The number of rotatable bonds is 5. The first kappa shape index (κ1) is 13.3. The van der Waals surface area contributed by atoms with Gasteiger partial charge < -0.3 is 10.2 Å². The van der Waals surface area contributed by atoms with Crippen molar-refractivity contribution >= 4 is 5.95 Å². The van der Waals surface area contributed by atoms with Crippen LogP contribution in [0.15, 0.2) is 12.3 Å². The third-order valence-corrected chi connectivity index (χ3v) is 3.44. The van der Waals surface area contributed by atoms with Gasteiger partial charge in [-0.3, -0.25) is 0 Å². The summed E-state index contributed by atoms with van der Waals surface area (Å²) < 4.78 is 0. The molecule has 0 aromatic carbocycles. The van der Waals surface area contributed by atoms with Crippen LogP contribution in [0, 0.1) is 12.8 Å². The van der Waals surface area contributed by atoms with E-state index in [0.29, 0.717) is 0 Å². The van der Waals surface area contributed by atoms with Crippen molar-refractivity contribution in [2.45, 2.75) is 33.1 Å². The molecule has 2 rings (SSSR count). The average molecular weight is 248 g/mol. The van der Waals surface area contributed by atoms with E-state index < -0.39 is 0 Å². The molecule has 1 aromatic heterocycles. The predicted octanol–water partition coefficient (Wildman–Crippen LogP) is 2.00. The maximum absolute atomic E-state index is 4.55. The van der Waals surface area contributed by atoms with Gasteiger partial charge in [-0.05, 0) is 51.3 Å². The van der Waals surface area contributed by atoms with Crippen molar-refractivity contribution in [3.63, 3.8) is 0 Å². The fraction of sp³-hybridized carbons (Fsp3) is 0.714. The zero-order valence-electron chi connectivity index (χ0n) is 11.5. The summed E-state index contributed by atoms with van der Waals surface area (Å²) in [4.78, 5) is 11.3. The second-order valence-corrected chi connectivity index (χ2v) is 5.16. The Morgan fingerprint density at radius 2 is 2.39 bits per heavy atom. The summed E-state index contributed by atoms with van der Waals surface area (Å²) in [6, 6.07) is 1.95. The minimum Gasteiger partial charge on any atom is -0.341 e. The summed E-state index contributed by atoms with van der Waals surface area (Å²) in [5, 5.41) is 3.48. The molecule has 1 N–H and O–H groups in total. The molecule has 1 aliphatic heterocycles. The molecule has 0 amide bonds. The summed E-state index contributed by atoms with van der Waals surface area (Å²) in [6.45, 7) is 8.65. The molecule has 100 valence electrons. The monoisotopic (exact) mass is 248 g/mol. The maximum atomic E-state index is 4.55. The Morgan fingerprint density at radius 1 is 1.50 bits per heavy atom. The third-order valence-electron chi connectivity index (χ3n) is 3.44. The zero-order valence-corrected chi connectivity index (χ0v) is 11.5. The molecule has 0 saturated carbocycles. The van der Waals surface area contributed by atoms with Crippen molar-refractivity contribution in [1.29, 1.82) is 0 Å². The van der Waals surface area contributed by atoms with Crippen molar-refractivity contribution in [2.75, 3.05) is 31.1 Å². The van der Waals surface area contributed by atoms with Gasteiger partial charge in [0.2, 0.25) is 5.95 Å². The van der Waals surface area contributed by atoms with E-state index in [1.807, 2.05) is 19.2 Å². The molecule has 1 unspecified atom stereocenters. The summed E-state index contributed by atoms with van der Waals surface area (Å²) in [6.07, 6.45) is 5.61. The largest absolute Gasteiger partial charge is 0.341 e. The molecular weight excluding hydrogens is 224 g/mol. The van der Waals surface area contributed by atoms with Crippen LogP contribution in [0.3, 0.4) is 0 Å². The van der Waals surface area contributed by atoms with E-state index in [2.05, 4.69) is 27.1 Å². The molecule has 0 bridgehead atoms. The fourth-order valence-corrected chi connectivity index (χ4v) is 2.52. The predicted molar refractivity (Wildman–Crippen MR) is 74.9 cm³/mol. The Kier molecular flexibility index (Phi) is 4.93. The summed E-state index contributed by atoms with van der Waals surface area (Å²) >= 11 is 0.